The number of thiophene rings is 1. The summed E-state index contributed by atoms with van der Waals surface area (Å²) in [5, 5.41) is 16.0. The Morgan fingerprint density at radius 1 is 1.09 bits per heavy atom. The molecule has 0 atom stereocenters. The summed E-state index contributed by atoms with van der Waals surface area (Å²) in [4.78, 5) is 9.62. The molecule has 0 bridgehead atoms. The van der Waals surface area contributed by atoms with Crippen molar-refractivity contribution >= 4 is 33.3 Å². The predicted molar refractivity (Wildman–Crippen MR) is 86.1 cm³/mol. The summed E-state index contributed by atoms with van der Waals surface area (Å²) in [5.41, 5.74) is 0.950. The van der Waals surface area contributed by atoms with E-state index in [0.717, 1.165) is 26.8 Å². The van der Waals surface area contributed by atoms with Gasteiger partial charge in [-0.3, -0.25) is 0 Å². The van der Waals surface area contributed by atoms with Crippen LogP contribution in [0, 0.1) is 0 Å². The largest absolute Gasteiger partial charge is 0.229 e. The average molecular weight is 326 g/mol. The van der Waals surface area contributed by atoms with Crippen LogP contribution in [0.25, 0.3) is 15.9 Å². The van der Waals surface area contributed by atoms with Crippen LogP contribution in [-0.2, 0) is 5.75 Å². The quantitative estimate of drug-likeness (QED) is 0.424. The first-order chi connectivity index (χ1) is 10.9. The molecule has 0 aliphatic rings. The molecule has 0 aliphatic heterocycles. The predicted octanol–water partition coefficient (Wildman–Crippen LogP) is 2.96. The van der Waals surface area contributed by atoms with Crippen LogP contribution in [0.3, 0.4) is 0 Å². The summed E-state index contributed by atoms with van der Waals surface area (Å²) in [6, 6.07) is 11.9. The van der Waals surface area contributed by atoms with Crippen molar-refractivity contribution in [3.05, 3.63) is 53.9 Å². The molecule has 22 heavy (non-hydrogen) atoms. The zero-order valence-corrected chi connectivity index (χ0v) is 13.0. The Labute approximate surface area is 134 Å². The van der Waals surface area contributed by atoms with Gasteiger partial charge in [-0.05, 0) is 34.0 Å². The summed E-state index contributed by atoms with van der Waals surface area (Å²) in [6.45, 7) is 0. The van der Waals surface area contributed by atoms with Gasteiger partial charge in [0.15, 0.2) is 5.82 Å². The van der Waals surface area contributed by atoms with Crippen molar-refractivity contribution in [3.8, 4) is 5.69 Å². The molecule has 1 aromatic carbocycles. The van der Waals surface area contributed by atoms with E-state index in [1.165, 1.54) is 0 Å². The van der Waals surface area contributed by atoms with E-state index in [2.05, 4.69) is 25.5 Å². The Morgan fingerprint density at radius 2 is 2.00 bits per heavy atom. The first kappa shape index (κ1) is 13.4. The minimum atomic E-state index is 0.643. The van der Waals surface area contributed by atoms with Crippen LogP contribution in [0.1, 0.15) is 5.82 Å². The highest BCUT2D eigenvalue weighted by atomic mass is 32.2. The van der Waals surface area contributed by atoms with Gasteiger partial charge >= 0.3 is 0 Å². The minimum absolute atomic E-state index is 0.643. The molecule has 0 radical (unpaired) electrons. The van der Waals surface area contributed by atoms with Crippen LogP contribution in [0.4, 0.5) is 0 Å². The molecule has 4 rings (SSSR count). The molecule has 0 aliphatic carbocycles. The van der Waals surface area contributed by atoms with Crippen molar-refractivity contribution in [1.29, 1.82) is 0 Å². The van der Waals surface area contributed by atoms with Crippen molar-refractivity contribution in [2.75, 3.05) is 0 Å². The number of fused-ring (bicyclic) bond motifs is 1. The van der Waals surface area contributed by atoms with Crippen molar-refractivity contribution in [1.82, 2.24) is 30.2 Å². The number of hydrogen-bond donors (Lipinski definition) is 0. The monoisotopic (exact) mass is 326 g/mol. The lowest BCUT2D eigenvalue weighted by atomic mass is 10.3. The summed E-state index contributed by atoms with van der Waals surface area (Å²) in [7, 11) is 0. The number of tetrazole rings is 1. The Hall–Kier alpha value is -2.32. The standard InChI is InChI=1S/C14H10N6S2/c1-2-4-10(5-3-1)20-12(17-18-19-20)8-22-14-11-6-7-21-13(11)15-9-16-14/h1-7,9H,8H2. The van der Waals surface area contributed by atoms with E-state index < -0.39 is 0 Å². The molecular weight excluding hydrogens is 316 g/mol. The molecule has 8 heteroatoms. The van der Waals surface area contributed by atoms with Crippen LogP contribution in [-0.4, -0.2) is 30.2 Å². The lowest BCUT2D eigenvalue weighted by molar-refractivity contribution is 0.777. The lowest BCUT2D eigenvalue weighted by Crippen LogP contribution is -2.02. The summed E-state index contributed by atoms with van der Waals surface area (Å²) in [6.07, 6.45) is 1.60. The molecule has 0 amide bonds. The first-order valence-corrected chi connectivity index (χ1v) is 8.42. The number of benzene rings is 1. The van der Waals surface area contributed by atoms with E-state index in [1.807, 2.05) is 41.8 Å². The molecule has 0 N–H and O–H groups in total. The van der Waals surface area contributed by atoms with Crippen LogP contribution >= 0.6 is 23.1 Å². The van der Waals surface area contributed by atoms with Crippen LogP contribution < -0.4 is 0 Å². The Bertz CT molecular complexity index is 902. The summed E-state index contributed by atoms with van der Waals surface area (Å²) in [5.74, 6) is 1.43. The van der Waals surface area contributed by atoms with Gasteiger partial charge in [0, 0.05) is 5.39 Å². The molecular formula is C14H10N6S2. The molecule has 0 saturated carbocycles. The topological polar surface area (TPSA) is 69.4 Å². The highest BCUT2D eigenvalue weighted by Gasteiger charge is 2.11. The lowest BCUT2D eigenvalue weighted by Gasteiger charge is -2.04. The molecule has 0 fully saturated rings. The highest BCUT2D eigenvalue weighted by molar-refractivity contribution is 7.98. The van der Waals surface area contributed by atoms with Gasteiger partial charge in [-0.25, -0.2) is 9.97 Å². The van der Waals surface area contributed by atoms with E-state index in [0.29, 0.717) is 5.75 Å². The smallest absolute Gasteiger partial charge is 0.166 e. The van der Waals surface area contributed by atoms with Gasteiger partial charge in [0.05, 0.1) is 11.4 Å². The van der Waals surface area contributed by atoms with E-state index in [-0.39, 0.29) is 0 Å². The molecule has 0 spiro atoms. The maximum atomic E-state index is 4.36. The van der Waals surface area contributed by atoms with Crippen molar-refractivity contribution in [3.63, 3.8) is 0 Å². The van der Waals surface area contributed by atoms with E-state index in [9.17, 15) is 0 Å². The fourth-order valence-corrected chi connectivity index (χ4v) is 3.77. The van der Waals surface area contributed by atoms with Gasteiger partial charge in [-0.15, -0.1) is 16.4 Å². The van der Waals surface area contributed by atoms with Gasteiger partial charge in [-0.2, -0.15) is 4.68 Å². The molecule has 108 valence electrons. The van der Waals surface area contributed by atoms with Gasteiger partial charge in [-0.1, -0.05) is 30.0 Å². The van der Waals surface area contributed by atoms with E-state index in [4.69, 9.17) is 0 Å². The summed E-state index contributed by atoms with van der Waals surface area (Å²) >= 11 is 3.23. The molecule has 0 unspecified atom stereocenters. The van der Waals surface area contributed by atoms with Gasteiger partial charge in [0.25, 0.3) is 0 Å². The van der Waals surface area contributed by atoms with Crippen molar-refractivity contribution < 1.29 is 0 Å². The number of rotatable bonds is 4. The Kier molecular flexibility index (Phi) is 3.53. The first-order valence-electron chi connectivity index (χ1n) is 6.55. The molecule has 6 nitrogen and oxygen atoms in total. The Balaban J connectivity index is 1.61. The van der Waals surface area contributed by atoms with E-state index >= 15 is 0 Å². The normalized spacial score (nSPS) is 11.1. The van der Waals surface area contributed by atoms with Gasteiger partial charge < -0.3 is 0 Å². The van der Waals surface area contributed by atoms with Crippen LogP contribution in [0.5, 0.6) is 0 Å². The van der Waals surface area contributed by atoms with Crippen molar-refractivity contribution in [2.45, 2.75) is 10.8 Å². The van der Waals surface area contributed by atoms with E-state index in [1.54, 1.807) is 34.1 Å². The molecule has 3 aromatic heterocycles. The maximum Gasteiger partial charge on any atom is 0.166 e. The van der Waals surface area contributed by atoms with Crippen molar-refractivity contribution in [2.24, 2.45) is 0 Å². The van der Waals surface area contributed by atoms with Crippen LogP contribution in [0.2, 0.25) is 0 Å². The second kappa shape index (κ2) is 5.82. The number of para-hydroxylation sites is 1. The third-order valence-corrected chi connectivity index (χ3v) is 4.92. The second-order valence-corrected chi connectivity index (χ2v) is 6.31. The number of nitrogens with zero attached hydrogens (tertiary/aromatic N) is 6. The average Bonchev–Trinajstić information content (AvgIpc) is 3.23. The fourth-order valence-electron chi connectivity index (χ4n) is 2.08. The minimum Gasteiger partial charge on any atom is -0.229 e. The number of hydrogen-bond acceptors (Lipinski definition) is 7. The Morgan fingerprint density at radius 3 is 2.91 bits per heavy atom. The molecule has 0 saturated heterocycles. The third-order valence-electron chi connectivity index (χ3n) is 3.10. The SMILES string of the molecule is c1ccc(-n2nnnc2CSc2ncnc3sccc23)cc1. The molecule has 3 heterocycles. The maximum absolute atomic E-state index is 4.36. The second-order valence-electron chi connectivity index (χ2n) is 4.45. The third kappa shape index (κ3) is 2.46. The molecule has 4 aromatic rings. The highest BCUT2D eigenvalue weighted by Crippen LogP contribution is 2.29. The van der Waals surface area contributed by atoms with Crippen LogP contribution in [0.15, 0.2) is 53.1 Å². The zero-order chi connectivity index (χ0) is 14.8. The summed E-state index contributed by atoms with van der Waals surface area (Å²) < 4.78 is 1.75. The zero-order valence-electron chi connectivity index (χ0n) is 11.3. The fraction of sp³-hybridized carbons (Fsp3) is 0.0714. The number of thioether (sulfide) groups is 1. The number of aromatic nitrogens is 6. The van der Waals surface area contributed by atoms with Gasteiger partial charge in [0.1, 0.15) is 16.2 Å². The van der Waals surface area contributed by atoms with Gasteiger partial charge in [0.2, 0.25) is 0 Å².